The highest BCUT2D eigenvalue weighted by molar-refractivity contribution is 5.70. The Kier molecular flexibility index (Phi) is 3.81. The molecular weight excluding hydrogens is 254 g/mol. The fourth-order valence-corrected chi connectivity index (χ4v) is 3.16. The lowest BCUT2D eigenvalue weighted by atomic mass is 9.94. The Morgan fingerprint density at radius 1 is 1.15 bits per heavy atom. The maximum atomic E-state index is 12.1. The van der Waals surface area contributed by atoms with Crippen molar-refractivity contribution in [1.82, 2.24) is 4.90 Å². The number of benzene rings is 1. The Bertz CT molecular complexity index is 465. The van der Waals surface area contributed by atoms with E-state index in [1.807, 2.05) is 29.2 Å². The lowest BCUT2D eigenvalue weighted by molar-refractivity contribution is 0.124. The zero-order chi connectivity index (χ0) is 13.9. The molecule has 1 amide bonds. The van der Waals surface area contributed by atoms with Crippen LogP contribution >= 0.6 is 0 Å². The number of hydrogen-bond acceptors (Lipinski definition) is 3. The number of hydrogen-bond donors (Lipinski definition) is 0. The summed E-state index contributed by atoms with van der Waals surface area (Å²) in [5.41, 5.74) is 1.04. The first-order valence-corrected chi connectivity index (χ1v) is 7.39. The number of carbonyl (C=O) groups excluding carboxylic acids is 1. The smallest absolute Gasteiger partial charge is 0.410 e. The standard InChI is InChI=1S/C16H21NO3/c1-19-14-9-7-12(8-10-14)15-11-17(16(18)20-15)13-5-3-2-4-6-13/h7-10,13,15H,2-6,11H2,1H3. The van der Waals surface area contributed by atoms with Crippen LogP contribution in [-0.4, -0.2) is 30.7 Å². The zero-order valence-corrected chi connectivity index (χ0v) is 11.9. The number of amides is 1. The normalized spacial score (nSPS) is 23.8. The Morgan fingerprint density at radius 2 is 1.85 bits per heavy atom. The third-order valence-electron chi connectivity index (χ3n) is 4.34. The van der Waals surface area contributed by atoms with Crippen molar-refractivity contribution in [2.24, 2.45) is 0 Å². The Morgan fingerprint density at radius 3 is 2.50 bits per heavy atom. The predicted octanol–water partition coefficient (Wildman–Crippen LogP) is 3.52. The lowest BCUT2D eigenvalue weighted by Crippen LogP contribution is -2.37. The maximum Gasteiger partial charge on any atom is 0.410 e. The Balaban J connectivity index is 1.68. The molecule has 0 N–H and O–H groups in total. The van der Waals surface area contributed by atoms with E-state index < -0.39 is 0 Å². The van der Waals surface area contributed by atoms with Gasteiger partial charge in [0.1, 0.15) is 11.9 Å². The van der Waals surface area contributed by atoms with E-state index in [1.165, 1.54) is 19.3 Å². The summed E-state index contributed by atoms with van der Waals surface area (Å²) in [5, 5.41) is 0. The van der Waals surface area contributed by atoms with Crippen LogP contribution in [-0.2, 0) is 4.74 Å². The fraction of sp³-hybridized carbons (Fsp3) is 0.562. The molecule has 1 atom stereocenters. The van der Waals surface area contributed by atoms with Gasteiger partial charge in [0.25, 0.3) is 0 Å². The van der Waals surface area contributed by atoms with E-state index in [9.17, 15) is 4.79 Å². The van der Waals surface area contributed by atoms with Crippen LogP contribution in [0.3, 0.4) is 0 Å². The fourth-order valence-electron chi connectivity index (χ4n) is 3.16. The highest BCUT2D eigenvalue weighted by Crippen LogP contribution is 2.32. The molecule has 3 rings (SSSR count). The number of methoxy groups -OCH3 is 1. The molecule has 4 heteroatoms. The van der Waals surface area contributed by atoms with Gasteiger partial charge in [0, 0.05) is 6.04 Å². The quantitative estimate of drug-likeness (QED) is 0.847. The molecule has 1 unspecified atom stereocenters. The van der Waals surface area contributed by atoms with Gasteiger partial charge in [-0.15, -0.1) is 0 Å². The van der Waals surface area contributed by atoms with Gasteiger partial charge in [0.15, 0.2) is 0 Å². The van der Waals surface area contributed by atoms with Gasteiger partial charge in [-0.05, 0) is 30.5 Å². The van der Waals surface area contributed by atoms with Gasteiger partial charge in [0.2, 0.25) is 0 Å². The van der Waals surface area contributed by atoms with Crippen molar-refractivity contribution in [1.29, 1.82) is 0 Å². The van der Waals surface area contributed by atoms with Crippen molar-refractivity contribution < 1.29 is 14.3 Å². The summed E-state index contributed by atoms with van der Waals surface area (Å²) in [7, 11) is 1.65. The van der Waals surface area contributed by atoms with Crippen molar-refractivity contribution in [3.8, 4) is 5.75 Å². The van der Waals surface area contributed by atoms with Gasteiger partial charge in [-0.1, -0.05) is 31.4 Å². The molecule has 0 spiro atoms. The van der Waals surface area contributed by atoms with Crippen LogP contribution in [0.15, 0.2) is 24.3 Å². The molecule has 1 saturated heterocycles. The predicted molar refractivity (Wildman–Crippen MR) is 75.8 cm³/mol. The van der Waals surface area contributed by atoms with Crippen molar-refractivity contribution in [3.63, 3.8) is 0 Å². The van der Waals surface area contributed by atoms with Gasteiger partial charge in [-0.2, -0.15) is 0 Å². The average Bonchev–Trinajstić information content (AvgIpc) is 2.90. The minimum absolute atomic E-state index is 0.143. The second-order valence-electron chi connectivity index (χ2n) is 5.59. The molecule has 1 aromatic carbocycles. The summed E-state index contributed by atoms with van der Waals surface area (Å²) in [4.78, 5) is 14.0. The number of ether oxygens (including phenoxy) is 2. The van der Waals surface area contributed by atoms with E-state index in [0.29, 0.717) is 12.6 Å². The molecule has 2 fully saturated rings. The number of rotatable bonds is 3. The van der Waals surface area contributed by atoms with E-state index in [0.717, 1.165) is 24.2 Å². The van der Waals surface area contributed by atoms with Gasteiger partial charge in [-0.25, -0.2) is 4.79 Å². The van der Waals surface area contributed by atoms with E-state index in [4.69, 9.17) is 9.47 Å². The molecule has 1 aromatic rings. The molecule has 1 saturated carbocycles. The van der Waals surface area contributed by atoms with Gasteiger partial charge < -0.3 is 14.4 Å². The van der Waals surface area contributed by atoms with Crippen molar-refractivity contribution in [3.05, 3.63) is 29.8 Å². The first-order valence-electron chi connectivity index (χ1n) is 7.39. The molecule has 1 heterocycles. The summed E-state index contributed by atoms with van der Waals surface area (Å²) in [5.74, 6) is 0.821. The monoisotopic (exact) mass is 275 g/mol. The minimum atomic E-state index is -0.155. The molecule has 0 aromatic heterocycles. The molecular formula is C16H21NO3. The van der Waals surface area contributed by atoms with E-state index in [2.05, 4.69) is 0 Å². The van der Waals surface area contributed by atoms with Crippen LogP contribution in [0.25, 0.3) is 0 Å². The van der Waals surface area contributed by atoms with Crippen molar-refractivity contribution in [2.45, 2.75) is 44.2 Å². The first kappa shape index (κ1) is 13.3. The molecule has 1 aliphatic heterocycles. The first-order chi connectivity index (χ1) is 9.78. The molecule has 20 heavy (non-hydrogen) atoms. The Hall–Kier alpha value is -1.71. The molecule has 0 radical (unpaired) electrons. The van der Waals surface area contributed by atoms with Gasteiger partial charge in [-0.3, -0.25) is 0 Å². The third kappa shape index (κ3) is 2.60. The zero-order valence-electron chi connectivity index (χ0n) is 11.9. The summed E-state index contributed by atoms with van der Waals surface area (Å²) >= 11 is 0. The largest absolute Gasteiger partial charge is 0.497 e. The number of carbonyl (C=O) groups is 1. The van der Waals surface area contributed by atoms with Crippen LogP contribution in [0.4, 0.5) is 4.79 Å². The highest BCUT2D eigenvalue weighted by Gasteiger charge is 2.37. The van der Waals surface area contributed by atoms with E-state index in [-0.39, 0.29) is 12.2 Å². The summed E-state index contributed by atoms with van der Waals surface area (Å²) in [6, 6.07) is 8.14. The van der Waals surface area contributed by atoms with E-state index in [1.54, 1.807) is 7.11 Å². The molecule has 4 nitrogen and oxygen atoms in total. The van der Waals surface area contributed by atoms with Crippen LogP contribution in [0.2, 0.25) is 0 Å². The molecule has 1 aliphatic carbocycles. The van der Waals surface area contributed by atoms with E-state index >= 15 is 0 Å². The van der Waals surface area contributed by atoms with Crippen LogP contribution < -0.4 is 4.74 Å². The molecule has 2 aliphatic rings. The summed E-state index contributed by atoms with van der Waals surface area (Å²) in [6.07, 6.45) is 5.67. The SMILES string of the molecule is COc1ccc(C2CN(C3CCCCC3)C(=O)O2)cc1. The minimum Gasteiger partial charge on any atom is -0.497 e. The lowest BCUT2D eigenvalue weighted by Gasteiger charge is -2.28. The summed E-state index contributed by atoms with van der Waals surface area (Å²) in [6.45, 7) is 0.676. The van der Waals surface area contributed by atoms with Crippen molar-refractivity contribution in [2.75, 3.05) is 13.7 Å². The molecule has 0 bridgehead atoms. The van der Waals surface area contributed by atoms with Crippen LogP contribution in [0.1, 0.15) is 43.8 Å². The topological polar surface area (TPSA) is 38.8 Å². The number of nitrogens with zero attached hydrogens (tertiary/aromatic N) is 1. The maximum absolute atomic E-state index is 12.1. The van der Waals surface area contributed by atoms with Crippen LogP contribution in [0, 0.1) is 0 Å². The molecule has 108 valence electrons. The second kappa shape index (κ2) is 5.73. The van der Waals surface area contributed by atoms with Gasteiger partial charge >= 0.3 is 6.09 Å². The summed E-state index contributed by atoms with van der Waals surface area (Å²) < 4.78 is 10.7. The number of cyclic esters (lactones) is 1. The van der Waals surface area contributed by atoms with Crippen LogP contribution in [0.5, 0.6) is 5.75 Å². The average molecular weight is 275 g/mol. The second-order valence-corrected chi connectivity index (χ2v) is 5.59. The van der Waals surface area contributed by atoms with Gasteiger partial charge in [0.05, 0.1) is 13.7 Å². The third-order valence-corrected chi connectivity index (χ3v) is 4.34. The highest BCUT2D eigenvalue weighted by atomic mass is 16.6. The van der Waals surface area contributed by atoms with Crippen molar-refractivity contribution >= 4 is 6.09 Å². The Labute approximate surface area is 119 Å².